The molecule has 2 atom stereocenters. The lowest BCUT2D eigenvalue weighted by Gasteiger charge is -2.22. The van der Waals surface area contributed by atoms with E-state index in [-0.39, 0.29) is 30.5 Å². The van der Waals surface area contributed by atoms with Crippen molar-refractivity contribution in [1.82, 2.24) is 9.97 Å². The van der Waals surface area contributed by atoms with Crippen LogP contribution >= 0.6 is 11.8 Å². The largest absolute Gasteiger partial charge is 0.446 e. The fourth-order valence-electron chi connectivity index (χ4n) is 3.65. The van der Waals surface area contributed by atoms with Gasteiger partial charge in [-0.25, -0.2) is 13.8 Å². The summed E-state index contributed by atoms with van der Waals surface area (Å²) in [6.45, 7) is 4.03. The maximum atomic E-state index is 14.3. The molecule has 0 unspecified atom stereocenters. The fourth-order valence-corrected chi connectivity index (χ4v) is 4.19. The first-order chi connectivity index (χ1) is 14.9. The number of alkyl halides is 4. The van der Waals surface area contributed by atoms with Crippen molar-refractivity contribution in [1.29, 1.82) is 0 Å². The standard InChI is InChI=1S/C21H22F5N3O2S/c1-11(2)14(12-3-4-18(15(23)7-12)32-21(24,25)26)8-17(30)16-9-19(31)28-20(27-16)29-6-5-13(22)10-29/h3-4,7,9,11,13-14H,5-6,8,10H2,1-2H3,(H,27,28,31)/t13-,14+/m0/s1. The molecule has 0 radical (unpaired) electrons. The minimum absolute atomic E-state index is 0.0662. The van der Waals surface area contributed by atoms with Crippen molar-refractivity contribution in [3.05, 3.63) is 51.7 Å². The number of ketones is 1. The van der Waals surface area contributed by atoms with Crippen LogP contribution in [0.4, 0.5) is 27.9 Å². The van der Waals surface area contributed by atoms with Crippen LogP contribution in [0.2, 0.25) is 0 Å². The van der Waals surface area contributed by atoms with E-state index in [2.05, 4.69) is 9.97 Å². The molecule has 0 spiro atoms. The molecule has 2 aromatic rings. The van der Waals surface area contributed by atoms with Crippen molar-refractivity contribution < 1.29 is 26.7 Å². The third-order valence-electron chi connectivity index (χ3n) is 5.26. The molecule has 1 aliphatic heterocycles. The Balaban J connectivity index is 1.82. The molecule has 1 aromatic carbocycles. The molecule has 0 amide bonds. The van der Waals surface area contributed by atoms with Crippen LogP contribution in [0.3, 0.4) is 0 Å². The first-order valence-corrected chi connectivity index (χ1v) is 10.8. The highest BCUT2D eigenvalue weighted by Crippen LogP contribution is 2.39. The lowest BCUT2D eigenvalue weighted by Crippen LogP contribution is -2.27. The summed E-state index contributed by atoms with van der Waals surface area (Å²) in [5, 5.41) is 0. The monoisotopic (exact) mass is 475 g/mol. The molecule has 11 heteroatoms. The molecule has 0 saturated carbocycles. The first kappa shape index (κ1) is 24.2. The van der Waals surface area contributed by atoms with E-state index in [0.29, 0.717) is 18.5 Å². The molecule has 32 heavy (non-hydrogen) atoms. The number of hydrogen-bond donors (Lipinski definition) is 1. The number of thioether (sulfide) groups is 1. The highest BCUT2D eigenvalue weighted by Gasteiger charge is 2.31. The second-order valence-corrected chi connectivity index (χ2v) is 9.11. The Labute approximate surface area is 185 Å². The summed E-state index contributed by atoms with van der Waals surface area (Å²) in [6, 6.07) is 4.48. The lowest BCUT2D eigenvalue weighted by molar-refractivity contribution is -0.0329. The molecule has 3 rings (SSSR count). The second kappa shape index (κ2) is 9.60. The van der Waals surface area contributed by atoms with Gasteiger partial charge in [0.1, 0.15) is 17.7 Å². The summed E-state index contributed by atoms with van der Waals surface area (Å²) in [4.78, 5) is 32.6. The predicted octanol–water partition coefficient (Wildman–Crippen LogP) is 5.08. The maximum Gasteiger partial charge on any atom is 0.446 e. The number of hydrogen-bond acceptors (Lipinski definition) is 5. The Kier molecular flexibility index (Phi) is 7.26. The number of H-pyrrole nitrogens is 1. The Hall–Kier alpha value is -2.43. The summed E-state index contributed by atoms with van der Waals surface area (Å²) in [6.07, 6.45) is -0.867. The van der Waals surface area contributed by atoms with Gasteiger partial charge in [0.2, 0.25) is 5.95 Å². The van der Waals surface area contributed by atoms with E-state index < -0.39 is 51.4 Å². The molecular weight excluding hydrogens is 453 g/mol. The van der Waals surface area contributed by atoms with Gasteiger partial charge in [0.15, 0.2) is 5.78 Å². The van der Waals surface area contributed by atoms with Gasteiger partial charge < -0.3 is 4.90 Å². The average molecular weight is 475 g/mol. The SMILES string of the molecule is CC(C)[C@@H](CC(=O)c1cc(=O)[nH]c(N2CC[C@H](F)C2)n1)c1ccc(SC(F)(F)F)c(F)c1. The van der Waals surface area contributed by atoms with E-state index in [1.807, 2.05) is 0 Å². The number of carbonyl (C=O) groups is 1. The zero-order chi connectivity index (χ0) is 23.6. The topological polar surface area (TPSA) is 66.1 Å². The van der Waals surface area contributed by atoms with Crippen LogP contribution in [0.5, 0.6) is 0 Å². The maximum absolute atomic E-state index is 14.3. The molecule has 1 saturated heterocycles. The number of anilines is 1. The summed E-state index contributed by atoms with van der Waals surface area (Å²) in [5.41, 5.74) is -4.89. The van der Waals surface area contributed by atoms with Gasteiger partial charge in [-0.3, -0.25) is 14.6 Å². The van der Waals surface area contributed by atoms with Crippen molar-refractivity contribution in [3.63, 3.8) is 0 Å². The number of Topliss-reactive ketones (excluding diaryl/α,β-unsaturated/α-hetero) is 1. The van der Waals surface area contributed by atoms with Gasteiger partial charge in [-0.15, -0.1) is 0 Å². The number of carbonyl (C=O) groups excluding carboxylic acids is 1. The molecule has 174 valence electrons. The third-order valence-corrected chi connectivity index (χ3v) is 6.05. The number of rotatable bonds is 7. The second-order valence-electron chi connectivity index (χ2n) is 8.00. The molecule has 1 aromatic heterocycles. The average Bonchev–Trinajstić information content (AvgIpc) is 3.12. The number of benzene rings is 1. The summed E-state index contributed by atoms with van der Waals surface area (Å²) >= 11 is -0.539. The van der Waals surface area contributed by atoms with E-state index in [1.165, 1.54) is 6.07 Å². The molecule has 0 bridgehead atoms. The molecule has 0 aliphatic carbocycles. The van der Waals surface area contributed by atoms with E-state index in [1.54, 1.807) is 18.7 Å². The number of aromatic amines is 1. The Morgan fingerprint density at radius 3 is 2.59 bits per heavy atom. The number of nitrogens with zero attached hydrogens (tertiary/aromatic N) is 2. The Bertz CT molecular complexity index is 1040. The van der Waals surface area contributed by atoms with Gasteiger partial charge >= 0.3 is 5.51 Å². The Morgan fingerprint density at radius 2 is 2.03 bits per heavy atom. The zero-order valence-electron chi connectivity index (χ0n) is 17.4. The number of aromatic nitrogens is 2. The van der Waals surface area contributed by atoms with Crippen LogP contribution in [0.1, 0.15) is 48.7 Å². The smallest absolute Gasteiger partial charge is 0.339 e. The number of nitrogens with one attached hydrogen (secondary N) is 1. The van der Waals surface area contributed by atoms with Crippen molar-refractivity contribution in [2.75, 3.05) is 18.0 Å². The Morgan fingerprint density at radius 1 is 1.31 bits per heavy atom. The van der Waals surface area contributed by atoms with Crippen LogP contribution in [-0.2, 0) is 0 Å². The van der Waals surface area contributed by atoms with Gasteiger partial charge in [0, 0.05) is 19.0 Å². The van der Waals surface area contributed by atoms with Gasteiger partial charge in [0.05, 0.1) is 11.4 Å². The van der Waals surface area contributed by atoms with E-state index in [0.717, 1.165) is 18.2 Å². The lowest BCUT2D eigenvalue weighted by atomic mass is 9.84. The molecule has 1 aliphatic rings. The summed E-state index contributed by atoms with van der Waals surface area (Å²) < 4.78 is 65.4. The highest BCUT2D eigenvalue weighted by atomic mass is 32.2. The minimum atomic E-state index is -4.61. The molecular formula is C21H22F5N3O2S. The fraction of sp³-hybridized carbons (Fsp3) is 0.476. The molecule has 5 nitrogen and oxygen atoms in total. The van der Waals surface area contributed by atoms with Crippen molar-refractivity contribution in [2.45, 2.75) is 49.2 Å². The highest BCUT2D eigenvalue weighted by molar-refractivity contribution is 8.00. The van der Waals surface area contributed by atoms with Gasteiger partial charge in [-0.1, -0.05) is 19.9 Å². The quantitative estimate of drug-likeness (QED) is 0.344. The van der Waals surface area contributed by atoms with Gasteiger partial charge in [-0.2, -0.15) is 13.2 Å². The van der Waals surface area contributed by atoms with Crippen LogP contribution in [0.25, 0.3) is 0 Å². The first-order valence-electron chi connectivity index (χ1n) is 10.0. The van der Waals surface area contributed by atoms with E-state index in [9.17, 15) is 31.5 Å². The van der Waals surface area contributed by atoms with Crippen LogP contribution in [-0.4, -0.2) is 40.5 Å². The summed E-state index contributed by atoms with van der Waals surface area (Å²) in [7, 11) is 0. The minimum Gasteiger partial charge on any atom is -0.339 e. The summed E-state index contributed by atoms with van der Waals surface area (Å²) in [5.74, 6) is -2.03. The predicted molar refractivity (Wildman–Crippen MR) is 111 cm³/mol. The van der Waals surface area contributed by atoms with Crippen LogP contribution in [0.15, 0.2) is 34.0 Å². The van der Waals surface area contributed by atoms with Crippen LogP contribution < -0.4 is 10.5 Å². The molecule has 1 fully saturated rings. The zero-order valence-corrected chi connectivity index (χ0v) is 18.2. The molecule has 1 N–H and O–H groups in total. The van der Waals surface area contributed by atoms with Crippen molar-refractivity contribution in [3.8, 4) is 0 Å². The van der Waals surface area contributed by atoms with Crippen LogP contribution in [0, 0.1) is 11.7 Å². The van der Waals surface area contributed by atoms with Gasteiger partial charge in [0.25, 0.3) is 5.56 Å². The number of halogens is 5. The van der Waals surface area contributed by atoms with Crippen molar-refractivity contribution >= 4 is 23.5 Å². The molecule has 2 heterocycles. The van der Waals surface area contributed by atoms with E-state index >= 15 is 0 Å². The normalized spacial score (nSPS) is 17.8. The van der Waals surface area contributed by atoms with Crippen molar-refractivity contribution in [2.24, 2.45) is 5.92 Å². The van der Waals surface area contributed by atoms with E-state index in [4.69, 9.17) is 0 Å². The van der Waals surface area contributed by atoms with Gasteiger partial charge in [-0.05, 0) is 47.7 Å². The third kappa shape index (κ3) is 6.08.